The first-order chi connectivity index (χ1) is 19.4. The molecule has 6 aliphatic rings. The van der Waals surface area contributed by atoms with Crippen molar-refractivity contribution >= 4 is 28.7 Å². The Morgan fingerprint density at radius 1 is 0.950 bits per heavy atom. The van der Waals surface area contributed by atoms with Gasteiger partial charge in [0.2, 0.25) is 5.91 Å². The SMILES string of the molecule is O=C(CCC12CC3CC(CC(C3)C1)C2)N[C@H]1CC[C@@H](n2c(=O)c3cc(F)cnc3n(C3CCSCC3)c2=O)CC1. The number of carbonyl (C=O) groups excluding carboxylic acids is 1. The summed E-state index contributed by atoms with van der Waals surface area (Å²) < 4.78 is 17.2. The van der Waals surface area contributed by atoms with Gasteiger partial charge in [0, 0.05) is 24.5 Å². The van der Waals surface area contributed by atoms with Gasteiger partial charge in [-0.1, -0.05) is 0 Å². The zero-order valence-electron chi connectivity index (χ0n) is 23.3. The number of nitrogens with zero attached hydrogens (tertiary/aromatic N) is 3. The molecule has 2 aromatic heterocycles. The van der Waals surface area contributed by atoms with Crippen LogP contribution in [0, 0.1) is 29.0 Å². The molecular weight excluding hydrogens is 527 g/mol. The maximum atomic E-state index is 14.2. The van der Waals surface area contributed by atoms with Crippen molar-refractivity contribution in [2.24, 2.45) is 23.2 Å². The molecule has 3 heterocycles. The molecular formula is C31H41FN4O3S. The molecule has 7 nitrogen and oxygen atoms in total. The van der Waals surface area contributed by atoms with E-state index in [0.29, 0.717) is 30.3 Å². The number of aromatic nitrogens is 3. The van der Waals surface area contributed by atoms with Gasteiger partial charge < -0.3 is 5.32 Å². The van der Waals surface area contributed by atoms with E-state index in [-0.39, 0.29) is 35.1 Å². The van der Waals surface area contributed by atoms with Gasteiger partial charge in [0.05, 0.1) is 11.6 Å². The van der Waals surface area contributed by atoms with E-state index in [9.17, 15) is 18.8 Å². The third-order valence-corrected chi connectivity index (χ3v) is 12.0. The Hall–Kier alpha value is -2.16. The number of carbonyl (C=O) groups is 1. The molecule has 9 heteroatoms. The smallest absolute Gasteiger partial charge is 0.333 e. The largest absolute Gasteiger partial charge is 0.353 e. The lowest BCUT2D eigenvalue weighted by atomic mass is 9.48. The molecule has 0 spiro atoms. The summed E-state index contributed by atoms with van der Waals surface area (Å²) in [5, 5.41) is 3.46. The van der Waals surface area contributed by atoms with Crippen LogP contribution < -0.4 is 16.6 Å². The van der Waals surface area contributed by atoms with Gasteiger partial charge >= 0.3 is 5.69 Å². The second kappa shape index (κ2) is 10.6. The number of nitrogens with one attached hydrogen (secondary N) is 1. The first kappa shape index (κ1) is 26.7. The molecule has 40 heavy (non-hydrogen) atoms. The van der Waals surface area contributed by atoms with Crippen LogP contribution in [-0.2, 0) is 4.79 Å². The van der Waals surface area contributed by atoms with E-state index in [4.69, 9.17) is 0 Å². The van der Waals surface area contributed by atoms with E-state index >= 15 is 0 Å². The second-order valence-corrected chi connectivity index (χ2v) is 14.9. The third-order valence-electron chi connectivity index (χ3n) is 11.0. The van der Waals surface area contributed by atoms with Crippen LogP contribution in [0.5, 0.6) is 0 Å². The van der Waals surface area contributed by atoms with Gasteiger partial charge in [0.1, 0.15) is 11.5 Å². The normalized spacial score (nSPS) is 33.9. The minimum Gasteiger partial charge on any atom is -0.353 e. The van der Waals surface area contributed by atoms with E-state index in [1.165, 1.54) is 49.2 Å². The van der Waals surface area contributed by atoms with E-state index in [2.05, 4.69) is 10.3 Å². The molecule has 0 unspecified atom stereocenters. The Morgan fingerprint density at radius 2 is 1.57 bits per heavy atom. The Labute approximate surface area is 238 Å². The minimum atomic E-state index is -0.569. The Morgan fingerprint density at radius 3 is 2.23 bits per heavy atom. The average molecular weight is 569 g/mol. The Balaban J connectivity index is 1.03. The minimum absolute atomic E-state index is 0.0364. The highest BCUT2D eigenvalue weighted by molar-refractivity contribution is 7.99. The number of halogens is 1. The molecule has 216 valence electrons. The lowest BCUT2D eigenvalue weighted by molar-refractivity contribution is -0.124. The molecule has 1 amide bonds. The van der Waals surface area contributed by atoms with Crippen LogP contribution in [0.1, 0.15) is 102 Å². The molecule has 1 aliphatic heterocycles. The van der Waals surface area contributed by atoms with Gasteiger partial charge in [-0.2, -0.15) is 11.8 Å². The summed E-state index contributed by atoms with van der Waals surface area (Å²) in [5.74, 6) is 4.19. The van der Waals surface area contributed by atoms with Gasteiger partial charge in [-0.25, -0.2) is 14.2 Å². The molecule has 6 fully saturated rings. The third kappa shape index (κ3) is 4.94. The predicted molar refractivity (Wildman–Crippen MR) is 155 cm³/mol. The van der Waals surface area contributed by atoms with Crippen molar-refractivity contribution < 1.29 is 9.18 Å². The zero-order valence-corrected chi connectivity index (χ0v) is 24.1. The van der Waals surface area contributed by atoms with Gasteiger partial charge in [-0.05, 0) is 124 Å². The van der Waals surface area contributed by atoms with E-state index in [0.717, 1.165) is 67.6 Å². The molecule has 5 saturated carbocycles. The van der Waals surface area contributed by atoms with Crippen molar-refractivity contribution in [1.29, 1.82) is 0 Å². The highest BCUT2D eigenvalue weighted by Crippen LogP contribution is 2.61. The fraction of sp³-hybridized carbons (Fsp3) is 0.742. The Bertz CT molecular complexity index is 1370. The van der Waals surface area contributed by atoms with Crippen LogP contribution in [0.2, 0.25) is 0 Å². The molecule has 5 aliphatic carbocycles. The lowest BCUT2D eigenvalue weighted by Gasteiger charge is -2.57. The molecule has 1 saturated heterocycles. The fourth-order valence-electron chi connectivity index (χ4n) is 9.55. The number of hydrogen-bond donors (Lipinski definition) is 1. The van der Waals surface area contributed by atoms with Gasteiger partial charge in [-0.3, -0.25) is 18.7 Å². The number of thioether (sulfide) groups is 1. The van der Waals surface area contributed by atoms with Crippen LogP contribution in [0.4, 0.5) is 4.39 Å². The highest BCUT2D eigenvalue weighted by Gasteiger charge is 2.50. The van der Waals surface area contributed by atoms with Crippen molar-refractivity contribution in [3.63, 3.8) is 0 Å². The first-order valence-corrected chi connectivity index (χ1v) is 16.7. The molecule has 2 aromatic rings. The summed E-state index contributed by atoms with van der Waals surface area (Å²) in [4.78, 5) is 44.5. The zero-order chi connectivity index (χ0) is 27.4. The molecule has 0 aromatic carbocycles. The molecule has 0 radical (unpaired) electrons. The topological polar surface area (TPSA) is 86.0 Å². The van der Waals surface area contributed by atoms with E-state index in [1.807, 2.05) is 11.8 Å². The number of amides is 1. The number of pyridine rings is 1. The maximum Gasteiger partial charge on any atom is 0.333 e. The van der Waals surface area contributed by atoms with Crippen LogP contribution in [0.3, 0.4) is 0 Å². The maximum absolute atomic E-state index is 14.2. The number of fused-ring (bicyclic) bond motifs is 1. The summed E-state index contributed by atoms with van der Waals surface area (Å²) in [6, 6.07) is 1.01. The molecule has 4 bridgehead atoms. The van der Waals surface area contributed by atoms with E-state index in [1.54, 1.807) is 4.57 Å². The highest BCUT2D eigenvalue weighted by atomic mass is 32.2. The molecule has 0 atom stereocenters. The monoisotopic (exact) mass is 568 g/mol. The van der Waals surface area contributed by atoms with Crippen molar-refractivity contribution in [2.45, 2.75) is 108 Å². The van der Waals surface area contributed by atoms with Crippen molar-refractivity contribution in [1.82, 2.24) is 19.4 Å². The summed E-state index contributed by atoms with van der Waals surface area (Å²) in [6.45, 7) is 0. The van der Waals surface area contributed by atoms with Crippen LogP contribution >= 0.6 is 11.8 Å². The number of hydrogen-bond acceptors (Lipinski definition) is 5. The summed E-state index contributed by atoms with van der Waals surface area (Å²) in [5.41, 5.74) is -0.0655. The van der Waals surface area contributed by atoms with Gasteiger partial charge in [-0.15, -0.1) is 0 Å². The number of rotatable bonds is 6. The predicted octanol–water partition coefficient (Wildman–Crippen LogP) is 5.36. The van der Waals surface area contributed by atoms with Gasteiger partial charge in [0.25, 0.3) is 5.56 Å². The van der Waals surface area contributed by atoms with E-state index < -0.39 is 11.4 Å². The standard InChI is InChI=1S/C31H41FN4O3S/c32-22-14-26-28(33-18-22)35(25-6-9-40-10-7-25)30(39)36(29(26)38)24-3-1-23(2-4-24)34-27(37)5-8-31-15-19-11-20(16-31)13-21(12-19)17-31/h14,18-21,23-25H,1-13,15-17H2,(H,34,37)/t19?,20?,21?,23-,24+,31?. The summed E-state index contributed by atoms with van der Waals surface area (Å²) in [7, 11) is 0. The fourth-order valence-corrected chi connectivity index (χ4v) is 10.6. The first-order valence-electron chi connectivity index (χ1n) is 15.6. The van der Waals surface area contributed by atoms with Crippen molar-refractivity contribution in [3.05, 3.63) is 38.9 Å². The van der Waals surface area contributed by atoms with Crippen molar-refractivity contribution in [2.75, 3.05) is 11.5 Å². The van der Waals surface area contributed by atoms with Crippen LogP contribution in [0.25, 0.3) is 11.0 Å². The average Bonchev–Trinajstić information content (AvgIpc) is 2.93. The molecule has 1 N–H and O–H groups in total. The summed E-state index contributed by atoms with van der Waals surface area (Å²) >= 11 is 1.87. The second-order valence-electron chi connectivity index (χ2n) is 13.7. The lowest BCUT2D eigenvalue weighted by Crippen LogP contribution is -2.47. The van der Waals surface area contributed by atoms with Crippen LogP contribution in [-0.4, -0.2) is 37.6 Å². The van der Waals surface area contributed by atoms with Crippen molar-refractivity contribution in [3.8, 4) is 0 Å². The Kier molecular flexibility index (Phi) is 7.08. The quantitative estimate of drug-likeness (QED) is 0.507. The summed E-state index contributed by atoms with van der Waals surface area (Å²) in [6.07, 6.45) is 15.4. The molecule has 8 rings (SSSR count). The van der Waals surface area contributed by atoms with Crippen LogP contribution in [0.15, 0.2) is 21.9 Å². The van der Waals surface area contributed by atoms with Gasteiger partial charge in [0.15, 0.2) is 0 Å².